The van der Waals surface area contributed by atoms with Crippen molar-refractivity contribution in [1.82, 2.24) is 9.97 Å². The molecule has 0 saturated heterocycles. The van der Waals surface area contributed by atoms with E-state index in [0.29, 0.717) is 18.2 Å². The summed E-state index contributed by atoms with van der Waals surface area (Å²) in [6.07, 6.45) is 0.495. The SMILES string of the molecule is CC(C)Cc1n[c]cc(C(F)F)n1. The largest absolute Gasteiger partial charge is 0.280 e. The average Bonchev–Trinajstić information content (AvgIpc) is 2.03. The minimum absolute atomic E-state index is 0.245. The van der Waals surface area contributed by atoms with Crippen LogP contribution in [0.4, 0.5) is 8.78 Å². The second kappa shape index (κ2) is 4.25. The molecule has 1 radical (unpaired) electrons. The van der Waals surface area contributed by atoms with Gasteiger partial charge in [0.15, 0.2) is 0 Å². The highest BCUT2D eigenvalue weighted by atomic mass is 19.3. The monoisotopic (exact) mass is 185 g/mol. The first-order valence-corrected chi connectivity index (χ1v) is 4.11. The van der Waals surface area contributed by atoms with Crippen molar-refractivity contribution in [3.05, 3.63) is 23.8 Å². The molecule has 0 aliphatic carbocycles. The van der Waals surface area contributed by atoms with Gasteiger partial charge in [0.25, 0.3) is 6.43 Å². The second-order valence-corrected chi connectivity index (χ2v) is 3.24. The van der Waals surface area contributed by atoms with Gasteiger partial charge in [-0.05, 0) is 12.0 Å². The number of aromatic nitrogens is 2. The maximum Gasteiger partial charge on any atom is 0.280 e. The Morgan fingerprint density at radius 2 is 2.15 bits per heavy atom. The van der Waals surface area contributed by atoms with Crippen LogP contribution < -0.4 is 0 Å². The van der Waals surface area contributed by atoms with Gasteiger partial charge in [0.05, 0.1) is 6.20 Å². The number of halogens is 2. The molecule has 1 rings (SSSR count). The van der Waals surface area contributed by atoms with Gasteiger partial charge in [-0.15, -0.1) is 0 Å². The molecule has 71 valence electrons. The lowest BCUT2D eigenvalue weighted by Gasteiger charge is -2.04. The van der Waals surface area contributed by atoms with E-state index in [1.807, 2.05) is 13.8 Å². The smallest absolute Gasteiger partial charge is 0.232 e. The van der Waals surface area contributed by atoms with E-state index < -0.39 is 6.43 Å². The van der Waals surface area contributed by atoms with E-state index in [1.165, 1.54) is 0 Å². The highest BCUT2D eigenvalue weighted by Crippen LogP contribution is 2.15. The predicted octanol–water partition coefficient (Wildman–Crippen LogP) is 2.41. The molecule has 0 spiro atoms. The van der Waals surface area contributed by atoms with Gasteiger partial charge >= 0.3 is 0 Å². The van der Waals surface area contributed by atoms with Gasteiger partial charge < -0.3 is 0 Å². The Balaban J connectivity index is 2.79. The molecule has 0 aromatic carbocycles. The molecule has 1 heterocycles. The molecule has 1 aromatic rings. The van der Waals surface area contributed by atoms with Crippen LogP contribution in [0.1, 0.15) is 31.8 Å². The molecule has 0 bridgehead atoms. The van der Waals surface area contributed by atoms with Crippen LogP contribution in [0.25, 0.3) is 0 Å². The highest BCUT2D eigenvalue weighted by molar-refractivity contribution is 5.02. The lowest BCUT2D eigenvalue weighted by atomic mass is 10.1. The minimum Gasteiger partial charge on any atom is -0.232 e. The number of rotatable bonds is 3. The summed E-state index contributed by atoms with van der Waals surface area (Å²) in [5.74, 6) is 0.800. The van der Waals surface area contributed by atoms with Gasteiger partial charge in [0, 0.05) is 6.42 Å². The summed E-state index contributed by atoms with van der Waals surface area (Å²) in [4.78, 5) is 7.51. The average molecular weight is 185 g/mol. The topological polar surface area (TPSA) is 25.8 Å². The zero-order valence-electron chi connectivity index (χ0n) is 7.59. The van der Waals surface area contributed by atoms with Crippen molar-refractivity contribution in [1.29, 1.82) is 0 Å². The van der Waals surface area contributed by atoms with E-state index in [-0.39, 0.29) is 5.69 Å². The first-order valence-electron chi connectivity index (χ1n) is 4.11. The quantitative estimate of drug-likeness (QED) is 0.722. The summed E-state index contributed by atoms with van der Waals surface area (Å²) in [5, 5.41) is 0. The van der Waals surface area contributed by atoms with Crippen molar-refractivity contribution in [2.24, 2.45) is 5.92 Å². The van der Waals surface area contributed by atoms with Crippen LogP contribution in [0.2, 0.25) is 0 Å². The highest BCUT2D eigenvalue weighted by Gasteiger charge is 2.10. The van der Waals surface area contributed by atoms with E-state index in [1.54, 1.807) is 0 Å². The van der Waals surface area contributed by atoms with Crippen molar-refractivity contribution in [3.8, 4) is 0 Å². The van der Waals surface area contributed by atoms with Gasteiger partial charge in [-0.2, -0.15) is 0 Å². The Labute approximate surface area is 76.0 Å². The summed E-state index contributed by atoms with van der Waals surface area (Å²) >= 11 is 0. The number of alkyl halides is 2. The second-order valence-electron chi connectivity index (χ2n) is 3.24. The molecule has 0 aliphatic rings. The summed E-state index contributed by atoms with van der Waals surface area (Å²) in [6, 6.07) is 1.12. The maximum absolute atomic E-state index is 12.2. The van der Waals surface area contributed by atoms with Crippen LogP contribution in [0.15, 0.2) is 6.07 Å². The van der Waals surface area contributed by atoms with E-state index in [0.717, 1.165) is 6.07 Å². The standard InChI is InChI=1S/C9H11F2N2/c1-6(2)5-8-12-4-3-7(13-8)9(10)11/h3,6,9H,5H2,1-2H3. The van der Waals surface area contributed by atoms with Crippen molar-refractivity contribution in [2.75, 3.05) is 0 Å². The van der Waals surface area contributed by atoms with Crippen molar-refractivity contribution >= 4 is 0 Å². The van der Waals surface area contributed by atoms with Gasteiger partial charge in [-0.1, -0.05) is 13.8 Å². The summed E-state index contributed by atoms with van der Waals surface area (Å²) in [6.45, 7) is 3.97. The van der Waals surface area contributed by atoms with Crippen LogP contribution in [0, 0.1) is 12.1 Å². The van der Waals surface area contributed by atoms with Crippen molar-refractivity contribution in [2.45, 2.75) is 26.7 Å². The van der Waals surface area contributed by atoms with Gasteiger partial charge in [0.2, 0.25) is 0 Å². The fraction of sp³-hybridized carbons (Fsp3) is 0.556. The molecule has 0 saturated carbocycles. The number of nitrogens with zero attached hydrogens (tertiary/aromatic N) is 2. The molecule has 0 amide bonds. The Hall–Kier alpha value is -1.06. The fourth-order valence-electron chi connectivity index (χ4n) is 0.947. The molecule has 0 aliphatic heterocycles. The summed E-state index contributed by atoms with van der Waals surface area (Å²) in [7, 11) is 0. The normalized spacial score (nSPS) is 11.2. The van der Waals surface area contributed by atoms with Crippen LogP contribution >= 0.6 is 0 Å². The third-order valence-corrected chi connectivity index (χ3v) is 1.48. The first-order chi connectivity index (χ1) is 6.09. The molecule has 13 heavy (non-hydrogen) atoms. The molecule has 0 N–H and O–H groups in total. The van der Waals surface area contributed by atoms with Crippen LogP contribution in [-0.4, -0.2) is 9.97 Å². The summed E-state index contributed by atoms with van der Waals surface area (Å²) < 4.78 is 24.3. The number of hydrogen-bond donors (Lipinski definition) is 0. The van der Waals surface area contributed by atoms with Crippen LogP contribution in [0.5, 0.6) is 0 Å². The van der Waals surface area contributed by atoms with E-state index in [4.69, 9.17) is 0 Å². The lowest BCUT2D eigenvalue weighted by molar-refractivity contribution is 0.145. The van der Waals surface area contributed by atoms with E-state index in [2.05, 4.69) is 16.2 Å². The van der Waals surface area contributed by atoms with Crippen LogP contribution in [-0.2, 0) is 6.42 Å². The Kier molecular flexibility index (Phi) is 3.28. The molecule has 0 unspecified atom stereocenters. The summed E-state index contributed by atoms with van der Waals surface area (Å²) in [5.41, 5.74) is -0.245. The molecular formula is C9H11F2N2. The van der Waals surface area contributed by atoms with E-state index in [9.17, 15) is 8.78 Å². The van der Waals surface area contributed by atoms with Crippen molar-refractivity contribution in [3.63, 3.8) is 0 Å². The third kappa shape index (κ3) is 3.05. The lowest BCUT2D eigenvalue weighted by Crippen LogP contribution is -2.03. The minimum atomic E-state index is -2.54. The Bertz CT molecular complexity index is 274. The molecular weight excluding hydrogens is 174 g/mol. The molecule has 2 nitrogen and oxygen atoms in total. The van der Waals surface area contributed by atoms with Gasteiger partial charge in [-0.25, -0.2) is 18.7 Å². The predicted molar refractivity (Wildman–Crippen MR) is 44.4 cm³/mol. The zero-order valence-corrected chi connectivity index (χ0v) is 7.59. The zero-order chi connectivity index (χ0) is 9.84. The molecule has 4 heteroatoms. The Morgan fingerprint density at radius 3 is 2.69 bits per heavy atom. The molecule has 1 aromatic heterocycles. The maximum atomic E-state index is 12.2. The van der Waals surface area contributed by atoms with Gasteiger partial charge in [0.1, 0.15) is 11.5 Å². The molecule has 0 fully saturated rings. The van der Waals surface area contributed by atoms with Gasteiger partial charge in [-0.3, -0.25) is 0 Å². The first kappa shape index (κ1) is 10.0. The van der Waals surface area contributed by atoms with Crippen molar-refractivity contribution < 1.29 is 8.78 Å². The third-order valence-electron chi connectivity index (χ3n) is 1.48. The molecule has 0 atom stereocenters. The number of hydrogen-bond acceptors (Lipinski definition) is 2. The fourth-order valence-corrected chi connectivity index (χ4v) is 0.947. The Morgan fingerprint density at radius 1 is 1.46 bits per heavy atom. The van der Waals surface area contributed by atoms with Crippen LogP contribution in [0.3, 0.4) is 0 Å². The van der Waals surface area contributed by atoms with E-state index >= 15 is 0 Å².